The molecule has 0 bridgehead atoms. The second-order valence-electron chi connectivity index (χ2n) is 5.00. The van der Waals surface area contributed by atoms with Gasteiger partial charge in [0.25, 0.3) is 0 Å². The molecule has 2 fully saturated rings. The SMILES string of the molecule is C1CCC1.CNC[CH-]CC1CCCCC1.[Nb]. The van der Waals surface area contributed by atoms with E-state index in [2.05, 4.69) is 11.7 Å². The molecule has 0 amide bonds. The van der Waals surface area contributed by atoms with Crippen molar-refractivity contribution in [2.45, 2.75) is 64.2 Å². The molecule has 2 aliphatic rings. The zero-order valence-corrected chi connectivity index (χ0v) is 13.1. The monoisotopic (exact) mass is 303 g/mol. The van der Waals surface area contributed by atoms with Gasteiger partial charge in [-0.2, -0.15) is 6.42 Å². The third-order valence-corrected chi connectivity index (χ3v) is 3.57. The van der Waals surface area contributed by atoms with Gasteiger partial charge in [0.05, 0.1) is 0 Å². The summed E-state index contributed by atoms with van der Waals surface area (Å²) in [6, 6.07) is 0. The molecule has 95 valence electrons. The van der Waals surface area contributed by atoms with E-state index >= 15 is 0 Å². The molecule has 0 aromatic heterocycles. The van der Waals surface area contributed by atoms with E-state index in [9.17, 15) is 0 Å². The molecule has 0 aromatic rings. The molecule has 0 atom stereocenters. The van der Waals surface area contributed by atoms with E-state index in [1.54, 1.807) is 0 Å². The van der Waals surface area contributed by atoms with Crippen molar-refractivity contribution in [3.63, 3.8) is 0 Å². The Morgan fingerprint density at radius 1 is 0.938 bits per heavy atom. The second-order valence-corrected chi connectivity index (χ2v) is 5.00. The fourth-order valence-electron chi connectivity index (χ4n) is 2.14. The van der Waals surface area contributed by atoms with E-state index in [-0.39, 0.29) is 22.4 Å². The summed E-state index contributed by atoms with van der Waals surface area (Å²) < 4.78 is 0. The van der Waals surface area contributed by atoms with Crippen LogP contribution in [0.4, 0.5) is 0 Å². The average molecular weight is 303 g/mol. The zero-order chi connectivity index (χ0) is 10.8. The Morgan fingerprint density at radius 2 is 1.44 bits per heavy atom. The van der Waals surface area contributed by atoms with E-state index in [0.29, 0.717) is 0 Å². The van der Waals surface area contributed by atoms with Gasteiger partial charge in [0.1, 0.15) is 0 Å². The van der Waals surface area contributed by atoms with Crippen LogP contribution >= 0.6 is 0 Å². The molecule has 16 heavy (non-hydrogen) atoms. The third kappa shape index (κ3) is 8.81. The normalized spacial score (nSPS) is 20.1. The zero-order valence-electron chi connectivity index (χ0n) is 10.9. The quantitative estimate of drug-likeness (QED) is 0.471. The fraction of sp³-hybridized carbons (Fsp3) is 0.929. The Hall–Kier alpha value is 0.700. The minimum Gasteiger partial charge on any atom is -0.349 e. The molecule has 0 aromatic carbocycles. The van der Waals surface area contributed by atoms with Crippen LogP contribution in [0.15, 0.2) is 0 Å². The number of hydrogen-bond donors (Lipinski definition) is 1. The van der Waals surface area contributed by atoms with Crippen molar-refractivity contribution in [1.82, 2.24) is 5.32 Å². The predicted molar refractivity (Wildman–Crippen MR) is 67.9 cm³/mol. The molecule has 0 unspecified atom stereocenters. The maximum absolute atomic E-state index is 3.15. The number of nitrogens with one attached hydrogen (secondary N) is 1. The van der Waals surface area contributed by atoms with Gasteiger partial charge in [0.15, 0.2) is 0 Å². The van der Waals surface area contributed by atoms with Crippen molar-refractivity contribution in [3.8, 4) is 0 Å². The Labute approximate surface area is 118 Å². The molecule has 2 rings (SSSR count). The van der Waals surface area contributed by atoms with Gasteiger partial charge < -0.3 is 11.7 Å². The van der Waals surface area contributed by atoms with E-state index in [1.807, 2.05) is 7.05 Å². The first-order chi connectivity index (χ1) is 7.43. The second kappa shape index (κ2) is 12.2. The number of rotatable bonds is 4. The maximum Gasteiger partial charge on any atom is 0 e. The van der Waals surface area contributed by atoms with E-state index < -0.39 is 0 Å². The molecular formula is C14H28NNb-. The summed E-state index contributed by atoms with van der Waals surface area (Å²) >= 11 is 0. The molecule has 1 radical (unpaired) electrons. The van der Waals surface area contributed by atoms with E-state index in [4.69, 9.17) is 0 Å². The van der Waals surface area contributed by atoms with Crippen LogP contribution in [-0.4, -0.2) is 13.6 Å². The first-order valence-corrected chi connectivity index (χ1v) is 6.89. The van der Waals surface area contributed by atoms with Crippen LogP contribution in [0.25, 0.3) is 0 Å². The van der Waals surface area contributed by atoms with Gasteiger partial charge in [-0.15, -0.1) is 6.54 Å². The Morgan fingerprint density at radius 3 is 1.88 bits per heavy atom. The Bertz CT molecular complexity index is 125. The molecule has 2 heteroatoms. The maximum atomic E-state index is 3.15. The smallest absolute Gasteiger partial charge is 0 e. The summed E-state index contributed by atoms with van der Waals surface area (Å²) in [5.41, 5.74) is 0. The molecule has 0 heterocycles. The van der Waals surface area contributed by atoms with Gasteiger partial charge in [-0.25, -0.2) is 0 Å². The Kier molecular flexibility index (Phi) is 12.7. The predicted octanol–water partition coefficient (Wildman–Crippen LogP) is 3.94. The van der Waals surface area contributed by atoms with Crippen LogP contribution in [0.3, 0.4) is 0 Å². The number of hydrogen-bond acceptors (Lipinski definition) is 1. The molecule has 0 aliphatic heterocycles. The van der Waals surface area contributed by atoms with Crippen LogP contribution in [-0.2, 0) is 22.4 Å². The van der Waals surface area contributed by atoms with Crippen molar-refractivity contribution in [2.24, 2.45) is 5.92 Å². The van der Waals surface area contributed by atoms with Gasteiger partial charge in [0, 0.05) is 22.4 Å². The van der Waals surface area contributed by atoms with Crippen molar-refractivity contribution in [3.05, 3.63) is 6.42 Å². The molecular weight excluding hydrogens is 275 g/mol. The summed E-state index contributed by atoms with van der Waals surface area (Å²) in [6.45, 7) is 1.08. The largest absolute Gasteiger partial charge is 0.349 e. The van der Waals surface area contributed by atoms with Gasteiger partial charge in [-0.1, -0.05) is 63.7 Å². The first kappa shape index (κ1) is 16.7. The van der Waals surface area contributed by atoms with Crippen LogP contribution in [0.2, 0.25) is 0 Å². The van der Waals surface area contributed by atoms with Crippen molar-refractivity contribution < 1.29 is 22.4 Å². The minimum atomic E-state index is 0. The molecule has 2 aliphatic carbocycles. The van der Waals surface area contributed by atoms with Crippen molar-refractivity contribution in [2.75, 3.05) is 13.6 Å². The Balaban J connectivity index is 0.000000380. The molecule has 2 saturated carbocycles. The molecule has 0 saturated heterocycles. The van der Waals surface area contributed by atoms with Gasteiger partial charge >= 0.3 is 0 Å². The standard InChI is InChI=1S/C10H20N.C4H8.Nb/c1-11-9-5-8-10-6-3-2-4-7-10;1-2-4-3-1;/h5,10-11H,2-4,6-9H2,1H3;1-4H2;/q-1;;. The first-order valence-electron chi connectivity index (χ1n) is 6.89. The summed E-state index contributed by atoms with van der Waals surface area (Å²) in [5.74, 6) is 1.01. The van der Waals surface area contributed by atoms with E-state index in [1.165, 1.54) is 64.2 Å². The summed E-state index contributed by atoms with van der Waals surface area (Å²) in [4.78, 5) is 0. The van der Waals surface area contributed by atoms with Crippen LogP contribution in [0.1, 0.15) is 64.2 Å². The molecule has 1 N–H and O–H groups in total. The summed E-state index contributed by atoms with van der Waals surface area (Å²) in [6.07, 6.45) is 17.1. The van der Waals surface area contributed by atoms with Crippen molar-refractivity contribution in [1.29, 1.82) is 0 Å². The van der Waals surface area contributed by atoms with Crippen LogP contribution < -0.4 is 5.32 Å². The topological polar surface area (TPSA) is 12.0 Å². The summed E-state index contributed by atoms with van der Waals surface area (Å²) in [7, 11) is 2.01. The van der Waals surface area contributed by atoms with Gasteiger partial charge in [-0.3, -0.25) is 0 Å². The fourth-order valence-corrected chi connectivity index (χ4v) is 2.14. The minimum absolute atomic E-state index is 0. The van der Waals surface area contributed by atoms with Gasteiger partial charge in [0.2, 0.25) is 0 Å². The van der Waals surface area contributed by atoms with Crippen LogP contribution in [0.5, 0.6) is 0 Å². The van der Waals surface area contributed by atoms with Gasteiger partial charge in [-0.05, 0) is 7.05 Å². The third-order valence-electron chi connectivity index (χ3n) is 3.57. The summed E-state index contributed by atoms with van der Waals surface area (Å²) in [5, 5.41) is 3.15. The van der Waals surface area contributed by atoms with E-state index in [0.717, 1.165) is 12.5 Å². The molecule has 1 nitrogen and oxygen atoms in total. The van der Waals surface area contributed by atoms with Crippen LogP contribution in [0, 0.1) is 12.3 Å². The molecule has 0 spiro atoms. The average Bonchev–Trinajstić information content (AvgIpc) is 2.17. The van der Waals surface area contributed by atoms with Crippen molar-refractivity contribution >= 4 is 0 Å².